The number of pyridine rings is 1. The molecule has 4 rings (SSSR count). The Balaban J connectivity index is 1.50. The first kappa shape index (κ1) is 14.8. The molecule has 1 aliphatic rings. The molecule has 7 heteroatoms. The number of carbonyl (C=O) groups excluding carboxylic acids is 2. The maximum atomic E-state index is 12.4. The van der Waals surface area contributed by atoms with Crippen molar-refractivity contribution in [2.45, 2.75) is 5.16 Å². The molecule has 24 heavy (non-hydrogen) atoms. The molecule has 3 aromatic rings. The number of fused-ring (bicyclic) bond motifs is 2. The first-order valence-corrected chi connectivity index (χ1v) is 8.34. The SMILES string of the molecule is O=C1COc2ccc(C(=O)CSc3ncc4ccccn34)cc2N1. The maximum absolute atomic E-state index is 12.4. The summed E-state index contributed by atoms with van der Waals surface area (Å²) in [4.78, 5) is 28.1. The Morgan fingerprint density at radius 2 is 2.25 bits per heavy atom. The van der Waals surface area contributed by atoms with Gasteiger partial charge in [0.1, 0.15) is 5.75 Å². The molecule has 1 aliphatic heterocycles. The van der Waals surface area contributed by atoms with E-state index in [0.29, 0.717) is 17.0 Å². The Morgan fingerprint density at radius 3 is 3.17 bits per heavy atom. The molecule has 0 saturated heterocycles. The lowest BCUT2D eigenvalue weighted by atomic mass is 10.1. The fourth-order valence-corrected chi connectivity index (χ4v) is 3.36. The number of amides is 1. The van der Waals surface area contributed by atoms with E-state index in [4.69, 9.17) is 4.74 Å². The van der Waals surface area contributed by atoms with E-state index in [0.717, 1.165) is 10.7 Å². The Bertz CT molecular complexity index is 951. The molecular formula is C17H13N3O3S. The van der Waals surface area contributed by atoms with E-state index in [1.807, 2.05) is 28.8 Å². The Hall–Kier alpha value is -2.80. The molecule has 0 radical (unpaired) electrons. The Labute approximate surface area is 141 Å². The van der Waals surface area contributed by atoms with Crippen molar-refractivity contribution >= 4 is 34.7 Å². The molecule has 1 aromatic carbocycles. The third-order valence-corrected chi connectivity index (χ3v) is 4.64. The number of ketones is 1. The van der Waals surface area contributed by atoms with Crippen molar-refractivity contribution < 1.29 is 14.3 Å². The van der Waals surface area contributed by atoms with Crippen LogP contribution in [0.2, 0.25) is 0 Å². The second kappa shape index (κ2) is 6.01. The van der Waals surface area contributed by atoms with Gasteiger partial charge in [-0.05, 0) is 30.3 Å². The number of rotatable bonds is 4. The van der Waals surface area contributed by atoms with Gasteiger partial charge >= 0.3 is 0 Å². The number of imidazole rings is 1. The zero-order valence-corrected chi connectivity index (χ0v) is 13.4. The van der Waals surface area contributed by atoms with E-state index < -0.39 is 0 Å². The maximum Gasteiger partial charge on any atom is 0.262 e. The quantitative estimate of drug-likeness (QED) is 0.584. The number of ether oxygens (including phenoxy) is 1. The predicted octanol–water partition coefficient (Wildman–Crippen LogP) is 2.64. The first-order valence-electron chi connectivity index (χ1n) is 7.35. The molecule has 0 atom stereocenters. The summed E-state index contributed by atoms with van der Waals surface area (Å²) in [5.74, 6) is 0.598. The van der Waals surface area contributed by atoms with Crippen molar-refractivity contribution in [1.82, 2.24) is 9.38 Å². The van der Waals surface area contributed by atoms with Crippen molar-refractivity contribution in [2.75, 3.05) is 17.7 Å². The third-order valence-electron chi connectivity index (χ3n) is 3.67. The Kier molecular flexibility index (Phi) is 3.70. The highest BCUT2D eigenvalue weighted by molar-refractivity contribution is 7.99. The van der Waals surface area contributed by atoms with Crippen molar-refractivity contribution in [3.63, 3.8) is 0 Å². The molecule has 3 heterocycles. The summed E-state index contributed by atoms with van der Waals surface area (Å²) < 4.78 is 7.24. The lowest BCUT2D eigenvalue weighted by Crippen LogP contribution is -2.25. The average Bonchev–Trinajstić information content (AvgIpc) is 3.02. The molecule has 0 unspecified atom stereocenters. The largest absolute Gasteiger partial charge is 0.482 e. The van der Waals surface area contributed by atoms with Gasteiger partial charge in [-0.15, -0.1) is 0 Å². The minimum Gasteiger partial charge on any atom is -0.482 e. The number of aromatic nitrogens is 2. The van der Waals surface area contributed by atoms with Crippen LogP contribution in [0.1, 0.15) is 10.4 Å². The number of Topliss-reactive ketones (excluding diaryl/α,β-unsaturated/α-hetero) is 1. The van der Waals surface area contributed by atoms with Gasteiger partial charge in [0.05, 0.1) is 23.2 Å². The lowest BCUT2D eigenvalue weighted by molar-refractivity contribution is -0.118. The molecule has 6 nitrogen and oxygen atoms in total. The van der Waals surface area contributed by atoms with Crippen LogP contribution in [0.15, 0.2) is 53.9 Å². The molecular weight excluding hydrogens is 326 g/mol. The summed E-state index contributed by atoms with van der Waals surface area (Å²) in [7, 11) is 0. The average molecular weight is 339 g/mol. The fraction of sp³-hybridized carbons (Fsp3) is 0.118. The van der Waals surface area contributed by atoms with Gasteiger partial charge in [-0.25, -0.2) is 4.98 Å². The minimum absolute atomic E-state index is 0.00308. The molecule has 0 spiro atoms. The summed E-state index contributed by atoms with van der Waals surface area (Å²) in [5, 5.41) is 3.48. The van der Waals surface area contributed by atoms with Crippen LogP contribution < -0.4 is 10.1 Å². The van der Waals surface area contributed by atoms with Gasteiger partial charge in [-0.1, -0.05) is 17.8 Å². The monoisotopic (exact) mass is 339 g/mol. The first-order chi connectivity index (χ1) is 11.7. The zero-order valence-electron chi connectivity index (χ0n) is 12.6. The van der Waals surface area contributed by atoms with Gasteiger partial charge in [-0.3, -0.25) is 14.0 Å². The smallest absolute Gasteiger partial charge is 0.262 e. The van der Waals surface area contributed by atoms with Gasteiger partial charge in [0.2, 0.25) is 0 Å². The molecule has 2 aromatic heterocycles. The molecule has 1 amide bonds. The van der Waals surface area contributed by atoms with Crippen molar-refractivity contribution in [2.24, 2.45) is 0 Å². The van der Waals surface area contributed by atoms with Crippen LogP contribution in [0.4, 0.5) is 5.69 Å². The van der Waals surface area contributed by atoms with Crippen LogP contribution in [0.25, 0.3) is 5.52 Å². The van der Waals surface area contributed by atoms with E-state index in [1.54, 1.807) is 24.4 Å². The van der Waals surface area contributed by atoms with E-state index in [1.165, 1.54) is 11.8 Å². The molecule has 0 aliphatic carbocycles. The summed E-state index contributed by atoms with van der Waals surface area (Å²) in [5.41, 5.74) is 2.06. The Morgan fingerprint density at radius 1 is 1.33 bits per heavy atom. The number of thioether (sulfide) groups is 1. The number of nitrogens with zero attached hydrogens (tertiary/aromatic N) is 2. The summed E-state index contributed by atoms with van der Waals surface area (Å²) in [6.07, 6.45) is 3.69. The van der Waals surface area contributed by atoms with E-state index in [9.17, 15) is 9.59 Å². The lowest BCUT2D eigenvalue weighted by Gasteiger charge is -2.18. The molecule has 0 bridgehead atoms. The fourth-order valence-electron chi connectivity index (χ4n) is 2.50. The second-order valence-corrected chi connectivity index (χ2v) is 6.24. The summed E-state index contributed by atoms with van der Waals surface area (Å²) >= 11 is 1.38. The number of hydrogen-bond donors (Lipinski definition) is 1. The van der Waals surface area contributed by atoms with Crippen LogP contribution in [0.5, 0.6) is 5.75 Å². The van der Waals surface area contributed by atoms with Crippen LogP contribution in [-0.2, 0) is 4.79 Å². The van der Waals surface area contributed by atoms with Gasteiger partial charge in [0.15, 0.2) is 17.5 Å². The van der Waals surface area contributed by atoms with E-state index in [-0.39, 0.29) is 24.1 Å². The second-order valence-electron chi connectivity index (χ2n) is 5.30. The van der Waals surface area contributed by atoms with Crippen LogP contribution in [-0.4, -0.2) is 33.4 Å². The van der Waals surface area contributed by atoms with Gasteiger partial charge in [0, 0.05) is 11.8 Å². The molecule has 1 N–H and O–H groups in total. The van der Waals surface area contributed by atoms with Crippen LogP contribution in [0.3, 0.4) is 0 Å². The topological polar surface area (TPSA) is 72.7 Å². The van der Waals surface area contributed by atoms with Crippen molar-refractivity contribution in [3.05, 3.63) is 54.4 Å². The van der Waals surface area contributed by atoms with Crippen LogP contribution >= 0.6 is 11.8 Å². The van der Waals surface area contributed by atoms with Gasteiger partial charge in [-0.2, -0.15) is 0 Å². The summed E-state index contributed by atoms with van der Waals surface area (Å²) in [6.45, 7) is 0.00308. The predicted molar refractivity (Wildman–Crippen MR) is 90.8 cm³/mol. The normalized spacial score (nSPS) is 13.2. The number of anilines is 1. The van der Waals surface area contributed by atoms with E-state index in [2.05, 4.69) is 10.3 Å². The number of benzene rings is 1. The number of hydrogen-bond acceptors (Lipinski definition) is 5. The molecule has 120 valence electrons. The highest BCUT2D eigenvalue weighted by atomic mass is 32.2. The standard InChI is InChI=1S/C17H13N3O3S/c21-14(10-24-17-18-8-12-3-1-2-6-20(12)17)11-4-5-15-13(7-11)19-16(22)9-23-15/h1-8H,9-10H2,(H,19,22). The minimum atomic E-state index is -0.217. The van der Waals surface area contributed by atoms with Crippen LogP contribution in [0, 0.1) is 0 Å². The summed E-state index contributed by atoms with van der Waals surface area (Å²) in [6, 6.07) is 10.9. The van der Waals surface area contributed by atoms with Gasteiger partial charge in [0.25, 0.3) is 5.91 Å². The van der Waals surface area contributed by atoms with Crippen molar-refractivity contribution in [1.29, 1.82) is 0 Å². The highest BCUT2D eigenvalue weighted by Crippen LogP contribution is 2.29. The van der Waals surface area contributed by atoms with Gasteiger partial charge < -0.3 is 10.1 Å². The van der Waals surface area contributed by atoms with Crippen molar-refractivity contribution in [3.8, 4) is 5.75 Å². The highest BCUT2D eigenvalue weighted by Gasteiger charge is 2.18. The number of nitrogens with one attached hydrogen (secondary N) is 1. The van der Waals surface area contributed by atoms with E-state index >= 15 is 0 Å². The third kappa shape index (κ3) is 2.74. The number of carbonyl (C=O) groups is 2. The zero-order chi connectivity index (χ0) is 16.5. The molecule has 0 fully saturated rings. The molecule has 0 saturated carbocycles.